The fraction of sp³-hybridized carbons (Fsp3) is 0.591. The number of methoxy groups -OCH3 is 1. The molecule has 1 N–H and O–H groups in total. The van der Waals surface area contributed by atoms with E-state index >= 15 is 0 Å². The minimum Gasteiger partial charge on any atom is -0.497 e. The molecule has 5 nitrogen and oxygen atoms in total. The Kier molecular flexibility index (Phi) is 4.89. The van der Waals surface area contributed by atoms with Crippen LogP contribution in [0.3, 0.4) is 0 Å². The molecule has 3 aliphatic rings. The molecule has 1 saturated carbocycles. The van der Waals surface area contributed by atoms with Crippen LogP contribution in [0.25, 0.3) is 5.57 Å². The highest BCUT2D eigenvalue weighted by atomic mass is 16.5. The van der Waals surface area contributed by atoms with Crippen LogP contribution in [0.4, 0.5) is 0 Å². The zero-order valence-corrected chi connectivity index (χ0v) is 16.9. The van der Waals surface area contributed by atoms with Crippen LogP contribution in [0.1, 0.15) is 32.3 Å². The number of benzene rings is 1. The van der Waals surface area contributed by atoms with Crippen LogP contribution in [0.15, 0.2) is 35.3 Å². The zero-order valence-electron chi connectivity index (χ0n) is 16.9. The van der Waals surface area contributed by atoms with Crippen LogP contribution in [0.2, 0.25) is 0 Å². The lowest BCUT2D eigenvalue weighted by Gasteiger charge is -2.55. The van der Waals surface area contributed by atoms with E-state index < -0.39 is 0 Å². The van der Waals surface area contributed by atoms with Gasteiger partial charge in [0, 0.05) is 44.1 Å². The lowest BCUT2D eigenvalue weighted by atomic mass is 9.57. The van der Waals surface area contributed by atoms with E-state index in [4.69, 9.17) is 9.47 Å². The average molecular weight is 370 g/mol. The minimum absolute atomic E-state index is 0.161. The third kappa shape index (κ3) is 3.22. The Morgan fingerprint density at radius 3 is 2.93 bits per heavy atom. The monoisotopic (exact) mass is 369 g/mol. The van der Waals surface area contributed by atoms with Crippen LogP contribution in [0.5, 0.6) is 5.75 Å². The molecule has 1 aromatic carbocycles. The largest absolute Gasteiger partial charge is 0.497 e. The van der Waals surface area contributed by atoms with Gasteiger partial charge in [0.05, 0.1) is 13.2 Å². The van der Waals surface area contributed by atoms with Crippen molar-refractivity contribution in [2.24, 2.45) is 16.3 Å². The number of nitrogens with zero attached hydrogens (tertiary/aromatic N) is 2. The maximum Gasteiger partial charge on any atom is 0.194 e. The number of ether oxygens (including phenoxy) is 2. The van der Waals surface area contributed by atoms with E-state index in [1.165, 1.54) is 11.1 Å². The van der Waals surface area contributed by atoms with Crippen LogP contribution >= 0.6 is 0 Å². The van der Waals surface area contributed by atoms with Crippen molar-refractivity contribution in [3.8, 4) is 5.75 Å². The molecule has 3 unspecified atom stereocenters. The van der Waals surface area contributed by atoms with Crippen LogP contribution in [0, 0.1) is 11.3 Å². The standard InChI is InChI=1S/C22H31N3O2/c1-22(2)19(18-10-13-27-20(18)22)24-21(23-3)25-11-8-15(9-12-25)16-6-5-7-17(14-16)26-4/h5-8,14,18-20H,9-13H2,1-4H3,(H,23,24). The Morgan fingerprint density at radius 2 is 2.22 bits per heavy atom. The third-order valence-electron chi connectivity index (χ3n) is 6.55. The molecule has 2 fully saturated rings. The van der Waals surface area contributed by atoms with Gasteiger partial charge in [-0.3, -0.25) is 4.99 Å². The molecular weight excluding hydrogens is 338 g/mol. The molecule has 0 amide bonds. The van der Waals surface area contributed by atoms with E-state index in [2.05, 4.69) is 53.3 Å². The highest BCUT2D eigenvalue weighted by molar-refractivity contribution is 5.82. The second-order valence-electron chi connectivity index (χ2n) is 8.39. The first-order valence-corrected chi connectivity index (χ1v) is 9.98. The normalized spacial score (nSPS) is 29.6. The molecule has 0 bridgehead atoms. The summed E-state index contributed by atoms with van der Waals surface area (Å²) in [4.78, 5) is 6.93. The van der Waals surface area contributed by atoms with E-state index in [-0.39, 0.29) is 5.41 Å². The third-order valence-corrected chi connectivity index (χ3v) is 6.55. The predicted octanol–water partition coefficient (Wildman–Crippen LogP) is 3.17. The summed E-state index contributed by atoms with van der Waals surface area (Å²) in [6.45, 7) is 7.36. The molecule has 1 aromatic rings. The molecule has 0 aromatic heterocycles. The predicted molar refractivity (Wildman–Crippen MR) is 109 cm³/mol. The summed E-state index contributed by atoms with van der Waals surface area (Å²) in [5.74, 6) is 2.54. The Balaban J connectivity index is 1.42. The molecule has 1 aliphatic carbocycles. The van der Waals surface area contributed by atoms with Crippen molar-refractivity contribution in [2.75, 3.05) is 33.9 Å². The summed E-state index contributed by atoms with van der Waals surface area (Å²) in [7, 11) is 3.60. The minimum atomic E-state index is 0.161. The lowest BCUT2D eigenvalue weighted by molar-refractivity contribution is -0.107. The Morgan fingerprint density at radius 1 is 1.37 bits per heavy atom. The van der Waals surface area contributed by atoms with Crippen molar-refractivity contribution < 1.29 is 9.47 Å². The fourth-order valence-corrected chi connectivity index (χ4v) is 5.00. The SMILES string of the molecule is CN=C(NC1C2CCOC2C1(C)C)N1CC=C(c2cccc(OC)c2)CC1. The van der Waals surface area contributed by atoms with Crippen LogP contribution in [-0.4, -0.2) is 56.9 Å². The van der Waals surface area contributed by atoms with Gasteiger partial charge in [0.2, 0.25) is 0 Å². The molecule has 3 atom stereocenters. The Labute approximate surface area is 162 Å². The van der Waals surface area contributed by atoms with Gasteiger partial charge in [0.1, 0.15) is 5.75 Å². The molecule has 2 aliphatic heterocycles. The maximum absolute atomic E-state index is 5.93. The van der Waals surface area contributed by atoms with Gasteiger partial charge in [-0.05, 0) is 36.1 Å². The number of fused-ring (bicyclic) bond motifs is 1. The summed E-state index contributed by atoms with van der Waals surface area (Å²) in [6.07, 6.45) is 4.88. The van der Waals surface area contributed by atoms with Crippen molar-refractivity contribution in [1.82, 2.24) is 10.2 Å². The van der Waals surface area contributed by atoms with Crippen molar-refractivity contribution in [1.29, 1.82) is 0 Å². The summed E-state index contributed by atoms with van der Waals surface area (Å²) >= 11 is 0. The van der Waals surface area contributed by atoms with Crippen LogP contribution < -0.4 is 10.1 Å². The highest BCUT2D eigenvalue weighted by Crippen LogP contribution is 2.52. The Hall–Kier alpha value is -2.01. The van der Waals surface area contributed by atoms with Gasteiger partial charge in [-0.15, -0.1) is 0 Å². The highest BCUT2D eigenvalue weighted by Gasteiger charge is 2.59. The van der Waals surface area contributed by atoms with E-state index in [0.717, 1.165) is 44.2 Å². The first kappa shape index (κ1) is 18.4. The molecule has 27 heavy (non-hydrogen) atoms. The van der Waals surface area contributed by atoms with Gasteiger partial charge in [-0.25, -0.2) is 0 Å². The van der Waals surface area contributed by atoms with Crippen molar-refractivity contribution in [3.05, 3.63) is 35.9 Å². The van der Waals surface area contributed by atoms with Crippen molar-refractivity contribution in [3.63, 3.8) is 0 Å². The van der Waals surface area contributed by atoms with E-state index in [0.29, 0.717) is 18.1 Å². The summed E-state index contributed by atoms with van der Waals surface area (Å²) < 4.78 is 11.3. The number of hydrogen-bond acceptors (Lipinski definition) is 3. The molecule has 4 rings (SSSR count). The van der Waals surface area contributed by atoms with E-state index in [9.17, 15) is 0 Å². The summed E-state index contributed by atoms with van der Waals surface area (Å²) in [5.41, 5.74) is 2.80. The summed E-state index contributed by atoms with van der Waals surface area (Å²) in [6, 6.07) is 8.76. The number of nitrogens with one attached hydrogen (secondary N) is 1. The fourth-order valence-electron chi connectivity index (χ4n) is 5.00. The number of rotatable bonds is 3. The molecule has 2 heterocycles. The van der Waals surface area contributed by atoms with Crippen molar-refractivity contribution >= 4 is 11.5 Å². The molecular formula is C22H31N3O2. The quantitative estimate of drug-likeness (QED) is 0.657. The Bertz CT molecular complexity index is 756. The van der Waals surface area contributed by atoms with Crippen molar-refractivity contribution in [2.45, 2.75) is 38.8 Å². The molecule has 5 heteroatoms. The van der Waals surface area contributed by atoms with Gasteiger partial charge in [0.25, 0.3) is 0 Å². The second kappa shape index (κ2) is 7.19. The average Bonchev–Trinajstić information content (AvgIpc) is 3.16. The lowest BCUT2D eigenvalue weighted by Crippen LogP contribution is -2.68. The summed E-state index contributed by atoms with van der Waals surface area (Å²) in [5, 5.41) is 3.75. The number of aliphatic imine (C=N–C) groups is 1. The van der Waals surface area contributed by atoms with Gasteiger partial charge >= 0.3 is 0 Å². The molecule has 0 radical (unpaired) electrons. The van der Waals surface area contributed by atoms with Gasteiger partial charge < -0.3 is 19.7 Å². The van der Waals surface area contributed by atoms with E-state index in [1.807, 2.05) is 13.1 Å². The number of guanidine groups is 1. The van der Waals surface area contributed by atoms with Gasteiger partial charge in [0.15, 0.2) is 5.96 Å². The molecule has 146 valence electrons. The smallest absolute Gasteiger partial charge is 0.194 e. The second-order valence-corrected chi connectivity index (χ2v) is 8.39. The molecule has 1 saturated heterocycles. The van der Waals surface area contributed by atoms with Gasteiger partial charge in [-0.2, -0.15) is 0 Å². The molecule has 0 spiro atoms. The zero-order chi connectivity index (χ0) is 19.0. The first-order chi connectivity index (χ1) is 13.0. The maximum atomic E-state index is 5.93. The topological polar surface area (TPSA) is 46.1 Å². The van der Waals surface area contributed by atoms with Crippen LogP contribution in [-0.2, 0) is 4.74 Å². The first-order valence-electron chi connectivity index (χ1n) is 9.98. The van der Waals surface area contributed by atoms with E-state index in [1.54, 1.807) is 7.11 Å². The number of hydrogen-bond donors (Lipinski definition) is 1. The van der Waals surface area contributed by atoms with Gasteiger partial charge in [-0.1, -0.05) is 32.1 Å².